The minimum atomic E-state index is -3.47. The van der Waals surface area contributed by atoms with E-state index < -0.39 is 10.0 Å². The van der Waals surface area contributed by atoms with Gasteiger partial charge in [0.25, 0.3) is 0 Å². The summed E-state index contributed by atoms with van der Waals surface area (Å²) >= 11 is 0. The molecule has 2 aromatic heterocycles. The number of nitrogens with zero attached hydrogens (tertiary/aromatic N) is 2. The van der Waals surface area contributed by atoms with Crippen molar-refractivity contribution in [3.63, 3.8) is 0 Å². The zero-order valence-electron chi connectivity index (χ0n) is 13.3. The highest BCUT2D eigenvalue weighted by atomic mass is 32.2. The predicted octanol–water partition coefficient (Wildman–Crippen LogP) is 3.28. The normalized spacial score (nSPS) is 20.5. The van der Waals surface area contributed by atoms with Crippen molar-refractivity contribution in [2.45, 2.75) is 50.8 Å². The lowest BCUT2D eigenvalue weighted by molar-refractivity contribution is 0.279. The number of rotatable bonds is 5. The van der Waals surface area contributed by atoms with Gasteiger partial charge >= 0.3 is 0 Å². The van der Waals surface area contributed by atoms with E-state index >= 15 is 0 Å². The molecule has 1 fully saturated rings. The summed E-state index contributed by atoms with van der Waals surface area (Å²) in [6, 6.07) is 5.21. The highest BCUT2D eigenvalue weighted by Gasteiger charge is 2.34. The van der Waals surface area contributed by atoms with Gasteiger partial charge in [0, 0.05) is 19.0 Å². The first-order chi connectivity index (χ1) is 11.1. The summed E-state index contributed by atoms with van der Waals surface area (Å²) < 4.78 is 37.9. The van der Waals surface area contributed by atoms with Crippen LogP contribution in [-0.2, 0) is 22.2 Å². The maximum atomic E-state index is 12.9. The number of hydrogen-bond acceptors (Lipinski definition) is 5. The largest absolute Gasteiger partial charge is 0.464 e. The van der Waals surface area contributed by atoms with Crippen LogP contribution in [0, 0.1) is 0 Å². The van der Waals surface area contributed by atoms with Crippen LogP contribution in [0.25, 0.3) is 0 Å². The molecule has 0 saturated carbocycles. The topological polar surface area (TPSA) is 76.6 Å². The van der Waals surface area contributed by atoms with Gasteiger partial charge in [0.1, 0.15) is 23.5 Å². The van der Waals surface area contributed by atoms with Crippen LogP contribution in [0.15, 0.2) is 33.4 Å². The fourth-order valence-electron chi connectivity index (χ4n) is 3.04. The molecule has 0 radical (unpaired) electrons. The first kappa shape index (κ1) is 16.3. The Balaban J connectivity index is 1.88. The van der Waals surface area contributed by atoms with Crippen LogP contribution in [0.1, 0.15) is 55.9 Å². The first-order valence-electron chi connectivity index (χ1n) is 8.07. The van der Waals surface area contributed by atoms with Gasteiger partial charge in [-0.3, -0.25) is 0 Å². The molecule has 1 saturated heterocycles. The Morgan fingerprint density at radius 1 is 1.26 bits per heavy atom. The SMILES string of the molecule is CCc1ccc(C2CCCCCN2S(=O)(=O)Cc2ccon2)o1. The van der Waals surface area contributed by atoms with Gasteiger partial charge in [-0.2, -0.15) is 4.31 Å². The second kappa shape index (κ2) is 6.88. The number of aromatic nitrogens is 1. The monoisotopic (exact) mass is 338 g/mol. The molecule has 3 rings (SSSR count). The molecule has 0 N–H and O–H groups in total. The van der Waals surface area contributed by atoms with Gasteiger partial charge < -0.3 is 8.94 Å². The van der Waals surface area contributed by atoms with Crippen molar-refractivity contribution in [1.29, 1.82) is 0 Å². The second-order valence-corrected chi connectivity index (χ2v) is 7.80. The van der Waals surface area contributed by atoms with E-state index in [0.717, 1.165) is 43.6 Å². The molecular weight excluding hydrogens is 316 g/mol. The van der Waals surface area contributed by atoms with E-state index in [4.69, 9.17) is 8.94 Å². The van der Waals surface area contributed by atoms with Crippen molar-refractivity contribution < 1.29 is 17.4 Å². The third-order valence-electron chi connectivity index (χ3n) is 4.24. The molecule has 0 spiro atoms. The van der Waals surface area contributed by atoms with Crippen LogP contribution >= 0.6 is 0 Å². The van der Waals surface area contributed by atoms with E-state index in [1.807, 2.05) is 19.1 Å². The fourth-order valence-corrected chi connectivity index (χ4v) is 4.74. The summed E-state index contributed by atoms with van der Waals surface area (Å²) in [6.45, 7) is 2.54. The number of hydrogen-bond donors (Lipinski definition) is 0. The maximum absolute atomic E-state index is 12.9. The summed E-state index contributed by atoms with van der Waals surface area (Å²) in [6.07, 6.45) is 5.89. The smallest absolute Gasteiger partial charge is 0.220 e. The zero-order chi connectivity index (χ0) is 16.3. The van der Waals surface area contributed by atoms with Crippen molar-refractivity contribution >= 4 is 10.0 Å². The molecule has 23 heavy (non-hydrogen) atoms. The molecule has 0 aromatic carbocycles. The average Bonchev–Trinajstić information content (AvgIpc) is 3.13. The van der Waals surface area contributed by atoms with Gasteiger partial charge in [-0.1, -0.05) is 24.9 Å². The number of aryl methyl sites for hydroxylation is 1. The van der Waals surface area contributed by atoms with E-state index in [2.05, 4.69) is 5.16 Å². The van der Waals surface area contributed by atoms with Crippen LogP contribution in [0.3, 0.4) is 0 Å². The van der Waals surface area contributed by atoms with Crippen molar-refractivity contribution in [2.24, 2.45) is 0 Å². The van der Waals surface area contributed by atoms with Crippen LogP contribution in [-0.4, -0.2) is 24.4 Å². The van der Waals surface area contributed by atoms with Gasteiger partial charge in [0.05, 0.1) is 11.7 Å². The van der Waals surface area contributed by atoms with Crippen molar-refractivity contribution in [3.8, 4) is 0 Å². The van der Waals surface area contributed by atoms with Crippen LogP contribution < -0.4 is 0 Å². The molecule has 1 atom stereocenters. The zero-order valence-corrected chi connectivity index (χ0v) is 14.1. The summed E-state index contributed by atoms with van der Waals surface area (Å²) in [7, 11) is -3.47. The van der Waals surface area contributed by atoms with Gasteiger partial charge in [0.2, 0.25) is 10.0 Å². The lowest BCUT2D eigenvalue weighted by Gasteiger charge is -2.27. The van der Waals surface area contributed by atoms with Gasteiger partial charge in [-0.05, 0) is 25.0 Å². The Bertz CT molecular complexity index is 721. The standard InChI is InChI=1S/C16H22N2O4S/c1-2-14-7-8-16(22-14)15-6-4-3-5-10-18(15)23(19,20)12-13-9-11-21-17-13/h7-9,11,15H,2-6,10,12H2,1H3. The summed E-state index contributed by atoms with van der Waals surface area (Å²) in [5.41, 5.74) is 0.432. The Hall–Kier alpha value is -1.60. The Kier molecular flexibility index (Phi) is 4.87. The highest BCUT2D eigenvalue weighted by molar-refractivity contribution is 7.88. The molecule has 1 unspecified atom stereocenters. The lowest BCUT2D eigenvalue weighted by atomic mass is 10.1. The molecule has 2 aromatic rings. The Morgan fingerprint density at radius 2 is 2.13 bits per heavy atom. The average molecular weight is 338 g/mol. The summed E-state index contributed by atoms with van der Waals surface area (Å²) in [5.74, 6) is 1.49. The first-order valence-corrected chi connectivity index (χ1v) is 9.68. The van der Waals surface area contributed by atoms with E-state index in [-0.39, 0.29) is 11.8 Å². The number of sulfonamides is 1. The maximum Gasteiger partial charge on any atom is 0.220 e. The number of furan rings is 1. The van der Waals surface area contributed by atoms with Gasteiger partial charge in [0.15, 0.2) is 0 Å². The summed E-state index contributed by atoms with van der Waals surface area (Å²) in [5, 5.41) is 3.73. The molecule has 3 heterocycles. The van der Waals surface area contributed by atoms with Crippen molar-refractivity contribution in [1.82, 2.24) is 9.46 Å². The van der Waals surface area contributed by atoms with Crippen LogP contribution in [0.2, 0.25) is 0 Å². The van der Waals surface area contributed by atoms with Crippen LogP contribution in [0.4, 0.5) is 0 Å². The minimum Gasteiger partial charge on any atom is -0.464 e. The molecule has 7 heteroatoms. The van der Waals surface area contributed by atoms with Crippen LogP contribution in [0.5, 0.6) is 0 Å². The molecule has 0 aliphatic carbocycles. The molecule has 0 amide bonds. The Morgan fingerprint density at radius 3 is 2.83 bits per heavy atom. The van der Waals surface area contributed by atoms with Gasteiger partial charge in [-0.25, -0.2) is 8.42 Å². The minimum absolute atomic E-state index is 0.138. The van der Waals surface area contributed by atoms with Gasteiger partial charge in [-0.15, -0.1) is 0 Å². The fraction of sp³-hybridized carbons (Fsp3) is 0.562. The molecule has 6 nitrogen and oxygen atoms in total. The van der Waals surface area contributed by atoms with E-state index in [1.54, 1.807) is 10.4 Å². The molecule has 1 aliphatic rings. The lowest BCUT2D eigenvalue weighted by Crippen LogP contribution is -2.35. The molecular formula is C16H22N2O4S. The van der Waals surface area contributed by atoms with Crippen molar-refractivity contribution in [3.05, 3.63) is 41.7 Å². The third-order valence-corrected chi connectivity index (χ3v) is 6.05. The molecule has 126 valence electrons. The Labute approximate surface area is 136 Å². The molecule has 0 bridgehead atoms. The summed E-state index contributed by atoms with van der Waals surface area (Å²) in [4.78, 5) is 0. The third kappa shape index (κ3) is 3.67. The second-order valence-electron chi connectivity index (χ2n) is 5.88. The van der Waals surface area contributed by atoms with Crippen molar-refractivity contribution in [2.75, 3.05) is 6.54 Å². The highest BCUT2D eigenvalue weighted by Crippen LogP contribution is 2.34. The van der Waals surface area contributed by atoms with E-state index in [9.17, 15) is 8.42 Å². The molecule has 1 aliphatic heterocycles. The van der Waals surface area contributed by atoms with E-state index in [1.165, 1.54) is 6.26 Å². The van der Waals surface area contributed by atoms with E-state index in [0.29, 0.717) is 12.2 Å². The quantitative estimate of drug-likeness (QED) is 0.836. The predicted molar refractivity (Wildman–Crippen MR) is 85.1 cm³/mol.